The van der Waals surface area contributed by atoms with Gasteiger partial charge in [-0.25, -0.2) is 8.78 Å². The Bertz CT molecular complexity index is 168. The molecule has 0 spiro atoms. The highest BCUT2D eigenvalue weighted by Gasteiger charge is 2.09. The molecule has 0 heterocycles. The maximum atomic E-state index is 12.8. The Balaban J connectivity index is 4.38. The molecule has 1 unspecified atom stereocenters. The summed E-state index contributed by atoms with van der Waals surface area (Å²) in [7, 11) is 0. The molecule has 0 aliphatic carbocycles. The molecule has 0 radical (unpaired) electrons. The minimum absolute atomic E-state index is 0.314. The van der Waals surface area contributed by atoms with Gasteiger partial charge in [-0.15, -0.1) is 0 Å². The van der Waals surface area contributed by atoms with Crippen LogP contribution in [0.2, 0.25) is 0 Å². The zero-order valence-corrected chi connectivity index (χ0v) is 7.20. The first-order valence-electron chi connectivity index (χ1n) is 3.81. The Morgan fingerprint density at radius 2 is 2.00 bits per heavy atom. The molecule has 64 valence electrons. The van der Waals surface area contributed by atoms with Crippen LogP contribution in [0.25, 0.3) is 0 Å². The molecule has 0 saturated carbocycles. The van der Waals surface area contributed by atoms with Crippen LogP contribution < -0.4 is 0 Å². The van der Waals surface area contributed by atoms with Crippen LogP contribution in [0.15, 0.2) is 23.8 Å². The van der Waals surface area contributed by atoms with Gasteiger partial charge in [-0.05, 0) is 19.4 Å². The lowest BCUT2D eigenvalue weighted by Gasteiger charge is -2.04. The Labute approximate surface area is 66.6 Å². The van der Waals surface area contributed by atoms with E-state index in [1.807, 2.05) is 6.92 Å². The summed E-state index contributed by atoms with van der Waals surface area (Å²) in [6.07, 6.45) is 3.25. The van der Waals surface area contributed by atoms with Crippen molar-refractivity contribution < 1.29 is 8.78 Å². The van der Waals surface area contributed by atoms with Crippen molar-refractivity contribution in [1.29, 1.82) is 0 Å². The van der Waals surface area contributed by atoms with Crippen molar-refractivity contribution >= 4 is 0 Å². The van der Waals surface area contributed by atoms with Gasteiger partial charge in [-0.2, -0.15) is 0 Å². The van der Waals surface area contributed by atoms with E-state index >= 15 is 0 Å². The number of rotatable bonds is 3. The third-order valence-corrected chi connectivity index (χ3v) is 1.59. The fourth-order valence-electron chi connectivity index (χ4n) is 0.641. The Morgan fingerprint density at radius 3 is 2.36 bits per heavy atom. The van der Waals surface area contributed by atoms with Gasteiger partial charge in [0.05, 0.1) is 0 Å². The SMILES string of the molecule is C/C=C\C(F)=C(\F)C(C)CC. The average Bonchev–Trinajstić information content (AvgIpc) is 2.02. The molecule has 0 aromatic heterocycles. The summed E-state index contributed by atoms with van der Waals surface area (Å²) in [4.78, 5) is 0. The molecule has 11 heavy (non-hydrogen) atoms. The molecule has 0 saturated heterocycles. The van der Waals surface area contributed by atoms with E-state index in [-0.39, 0.29) is 5.92 Å². The van der Waals surface area contributed by atoms with Crippen molar-refractivity contribution in [2.24, 2.45) is 5.92 Å². The number of hydrogen-bond acceptors (Lipinski definition) is 0. The van der Waals surface area contributed by atoms with Gasteiger partial charge in [-0.1, -0.05) is 19.9 Å². The summed E-state index contributed by atoms with van der Waals surface area (Å²) in [5.74, 6) is -1.71. The van der Waals surface area contributed by atoms with E-state index in [1.165, 1.54) is 6.08 Å². The smallest absolute Gasteiger partial charge is 0.154 e. The van der Waals surface area contributed by atoms with Gasteiger partial charge in [0.15, 0.2) is 5.83 Å². The summed E-state index contributed by atoms with van der Waals surface area (Å²) in [5.41, 5.74) is 0. The highest BCUT2D eigenvalue weighted by Crippen LogP contribution is 2.21. The summed E-state index contributed by atoms with van der Waals surface area (Å²) in [6.45, 7) is 5.15. The van der Waals surface area contributed by atoms with Gasteiger partial charge in [0.2, 0.25) is 0 Å². The lowest BCUT2D eigenvalue weighted by atomic mass is 10.1. The molecule has 0 aromatic rings. The second-order valence-electron chi connectivity index (χ2n) is 2.51. The monoisotopic (exact) mass is 160 g/mol. The topological polar surface area (TPSA) is 0 Å². The Morgan fingerprint density at radius 1 is 1.45 bits per heavy atom. The van der Waals surface area contributed by atoms with E-state index in [1.54, 1.807) is 13.8 Å². The number of hydrogen-bond donors (Lipinski definition) is 0. The summed E-state index contributed by atoms with van der Waals surface area (Å²) in [6, 6.07) is 0. The van der Waals surface area contributed by atoms with Crippen molar-refractivity contribution in [3.05, 3.63) is 23.8 Å². The molecule has 0 nitrogen and oxygen atoms in total. The first-order valence-corrected chi connectivity index (χ1v) is 3.81. The van der Waals surface area contributed by atoms with Gasteiger partial charge in [-0.3, -0.25) is 0 Å². The number of allylic oxidation sites excluding steroid dienone is 4. The summed E-state index contributed by atoms with van der Waals surface area (Å²) < 4.78 is 25.5. The Hall–Kier alpha value is -0.660. The predicted molar refractivity (Wildman–Crippen MR) is 43.5 cm³/mol. The third-order valence-electron chi connectivity index (χ3n) is 1.59. The Kier molecular flexibility index (Phi) is 4.75. The minimum Gasteiger partial charge on any atom is -0.208 e. The highest BCUT2D eigenvalue weighted by atomic mass is 19.2. The standard InChI is InChI=1S/C9H14F2/c1-4-6-8(10)9(11)7(3)5-2/h4,6-7H,5H2,1-3H3/b6-4-,9-8-. The molecule has 0 fully saturated rings. The highest BCUT2D eigenvalue weighted by molar-refractivity contribution is 5.15. The van der Waals surface area contributed by atoms with Gasteiger partial charge < -0.3 is 0 Å². The largest absolute Gasteiger partial charge is 0.208 e. The van der Waals surface area contributed by atoms with Crippen LogP contribution in [0, 0.1) is 5.92 Å². The predicted octanol–water partition coefficient (Wildman–Crippen LogP) is 3.76. The average molecular weight is 160 g/mol. The second kappa shape index (κ2) is 5.05. The van der Waals surface area contributed by atoms with Crippen molar-refractivity contribution in [3.63, 3.8) is 0 Å². The molecule has 0 amide bonds. The van der Waals surface area contributed by atoms with Crippen molar-refractivity contribution in [1.82, 2.24) is 0 Å². The van der Waals surface area contributed by atoms with Crippen LogP contribution in [0.1, 0.15) is 27.2 Å². The first kappa shape index (κ1) is 10.3. The van der Waals surface area contributed by atoms with Gasteiger partial charge >= 0.3 is 0 Å². The lowest BCUT2D eigenvalue weighted by molar-refractivity contribution is 0.445. The van der Waals surface area contributed by atoms with E-state index in [9.17, 15) is 8.78 Å². The van der Waals surface area contributed by atoms with Crippen LogP contribution >= 0.6 is 0 Å². The van der Waals surface area contributed by atoms with Gasteiger partial charge in [0, 0.05) is 5.92 Å². The molecule has 2 heteroatoms. The molecular weight excluding hydrogens is 146 g/mol. The zero-order chi connectivity index (χ0) is 8.85. The molecular formula is C9H14F2. The maximum Gasteiger partial charge on any atom is 0.154 e. The van der Waals surface area contributed by atoms with E-state index in [0.717, 1.165) is 6.08 Å². The van der Waals surface area contributed by atoms with E-state index in [0.29, 0.717) is 6.42 Å². The third kappa shape index (κ3) is 3.30. The summed E-state index contributed by atoms with van der Waals surface area (Å²) in [5, 5.41) is 0. The van der Waals surface area contributed by atoms with Crippen LogP contribution in [0.4, 0.5) is 8.78 Å². The van der Waals surface area contributed by atoms with Crippen LogP contribution in [0.3, 0.4) is 0 Å². The molecule has 0 rings (SSSR count). The fourth-order valence-corrected chi connectivity index (χ4v) is 0.641. The van der Waals surface area contributed by atoms with Crippen LogP contribution in [0.5, 0.6) is 0 Å². The molecule has 0 aliphatic heterocycles. The van der Waals surface area contributed by atoms with Crippen molar-refractivity contribution in [3.8, 4) is 0 Å². The summed E-state index contributed by atoms with van der Waals surface area (Å²) >= 11 is 0. The quantitative estimate of drug-likeness (QED) is 0.551. The molecule has 0 N–H and O–H groups in total. The maximum absolute atomic E-state index is 12.8. The van der Waals surface area contributed by atoms with E-state index in [2.05, 4.69) is 0 Å². The molecule has 0 bridgehead atoms. The first-order chi connectivity index (χ1) is 5.13. The molecule has 1 atom stereocenters. The van der Waals surface area contributed by atoms with Crippen LogP contribution in [-0.2, 0) is 0 Å². The van der Waals surface area contributed by atoms with Crippen molar-refractivity contribution in [2.75, 3.05) is 0 Å². The van der Waals surface area contributed by atoms with E-state index in [4.69, 9.17) is 0 Å². The van der Waals surface area contributed by atoms with E-state index < -0.39 is 11.7 Å². The van der Waals surface area contributed by atoms with Crippen LogP contribution in [-0.4, -0.2) is 0 Å². The molecule has 0 aliphatic rings. The zero-order valence-electron chi connectivity index (χ0n) is 7.20. The normalized spacial score (nSPS) is 16.8. The molecule has 0 aromatic carbocycles. The van der Waals surface area contributed by atoms with Gasteiger partial charge in [0.25, 0.3) is 0 Å². The van der Waals surface area contributed by atoms with Gasteiger partial charge in [0.1, 0.15) is 5.83 Å². The minimum atomic E-state index is -0.748. The van der Waals surface area contributed by atoms with Crippen molar-refractivity contribution in [2.45, 2.75) is 27.2 Å². The fraction of sp³-hybridized carbons (Fsp3) is 0.556. The lowest BCUT2D eigenvalue weighted by Crippen LogP contribution is -1.93. The number of halogens is 2. The second-order valence-corrected chi connectivity index (χ2v) is 2.51.